The number of aromatic nitrogens is 2. The molecule has 1 aromatic rings. The summed E-state index contributed by atoms with van der Waals surface area (Å²) in [5.41, 5.74) is 16.7. The average Bonchev–Trinajstić information content (AvgIpc) is 2.37. The van der Waals surface area contributed by atoms with E-state index in [2.05, 4.69) is 15.3 Å². The van der Waals surface area contributed by atoms with Crippen molar-refractivity contribution in [3.8, 4) is 0 Å². The number of hydrogen-bond acceptors (Lipinski definition) is 6. The van der Waals surface area contributed by atoms with Gasteiger partial charge >= 0.3 is 0 Å². The third kappa shape index (κ3) is 5.76. The van der Waals surface area contributed by atoms with Crippen molar-refractivity contribution in [2.24, 2.45) is 17.6 Å². The number of carbonyl (C=O) groups is 1. The molecule has 1 heterocycles. The van der Waals surface area contributed by atoms with Gasteiger partial charge in [0.25, 0.3) is 0 Å². The van der Waals surface area contributed by atoms with E-state index < -0.39 is 0 Å². The number of nitrogen functional groups attached to an aromatic ring is 2. The van der Waals surface area contributed by atoms with E-state index in [-0.39, 0.29) is 57.6 Å². The number of halogens is 2. The molecule has 2 rings (SSSR count). The molecule has 9 heteroatoms. The topological polar surface area (TPSA) is 133 Å². The van der Waals surface area contributed by atoms with Crippen LogP contribution in [-0.4, -0.2) is 22.4 Å². The zero-order chi connectivity index (χ0) is 13.8. The Morgan fingerprint density at radius 1 is 1.19 bits per heavy atom. The monoisotopic (exact) mass is 424 g/mol. The average molecular weight is 426 g/mol. The molecule has 1 aliphatic rings. The summed E-state index contributed by atoms with van der Waals surface area (Å²) in [5.74, 6) is 1.19. The predicted molar refractivity (Wildman–Crippen MR) is 94.6 cm³/mol. The molecule has 0 unspecified atom stereocenters. The zero-order valence-electron chi connectivity index (χ0n) is 11.6. The van der Waals surface area contributed by atoms with Crippen LogP contribution in [0.15, 0.2) is 6.07 Å². The first-order valence-corrected chi connectivity index (χ1v) is 6.49. The van der Waals surface area contributed by atoms with E-state index in [1.54, 1.807) is 0 Å². The third-order valence-electron chi connectivity index (χ3n) is 3.57. The van der Waals surface area contributed by atoms with Crippen LogP contribution in [0.5, 0.6) is 0 Å². The van der Waals surface area contributed by atoms with Crippen LogP contribution in [0.3, 0.4) is 0 Å². The number of nitrogens with zero attached hydrogens (tertiary/aromatic N) is 2. The van der Waals surface area contributed by atoms with Gasteiger partial charge in [0.15, 0.2) is 0 Å². The molecule has 0 aromatic carbocycles. The molecule has 1 aliphatic carbocycles. The Bertz CT molecular complexity index is 445. The van der Waals surface area contributed by atoms with Crippen molar-refractivity contribution in [3.63, 3.8) is 0 Å². The molecule has 0 radical (unpaired) electrons. The molecule has 0 spiro atoms. The van der Waals surface area contributed by atoms with Crippen LogP contribution in [0, 0.1) is 11.8 Å². The van der Waals surface area contributed by atoms with Gasteiger partial charge in [0.2, 0.25) is 11.9 Å². The summed E-state index contributed by atoms with van der Waals surface area (Å²) in [4.78, 5) is 19.8. The second-order valence-electron chi connectivity index (χ2n) is 4.98. The summed E-state index contributed by atoms with van der Waals surface area (Å²) < 4.78 is 0. The highest BCUT2D eigenvalue weighted by atomic mass is 79.9. The summed E-state index contributed by atoms with van der Waals surface area (Å²) in [6.45, 7) is 0.702. The molecule has 0 bridgehead atoms. The lowest BCUT2D eigenvalue weighted by Crippen LogP contribution is -2.29. The van der Waals surface area contributed by atoms with Crippen molar-refractivity contribution < 1.29 is 4.79 Å². The molecule has 0 aliphatic heterocycles. The van der Waals surface area contributed by atoms with Crippen LogP contribution in [0.2, 0.25) is 0 Å². The first kappa shape index (κ1) is 20.1. The Hall–Kier alpha value is -0.930. The first-order chi connectivity index (χ1) is 9.08. The highest BCUT2D eigenvalue weighted by Crippen LogP contribution is 2.28. The molecule has 1 saturated carbocycles. The van der Waals surface area contributed by atoms with Gasteiger partial charge < -0.3 is 22.5 Å². The first-order valence-electron chi connectivity index (χ1n) is 6.49. The van der Waals surface area contributed by atoms with Crippen molar-refractivity contribution in [2.45, 2.75) is 25.7 Å². The summed E-state index contributed by atoms with van der Waals surface area (Å²) in [6.07, 6.45) is 3.73. The number of nitrogens with one attached hydrogen (secondary N) is 1. The quantitative estimate of drug-likeness (QED) is 0.579. The maximum Gasteiger partial charge on any atom is 0.228 e. The fourth-order valence-corrected chi connectivity index (χ4v) is 2.44. The molecule has 7 N–H and O–H groups in total. The van der Waals surface area contributed by atoms with Gasteiger partial charge in [0.05, 0.1) is 0 Å². The fraction of sp³-hybridized carbons (Fsp3) is 0.583. The van der Waals surface area contributed by atoms with Crippen LogP contribution in [0.4, 0.5) is 17.6 Å². The summed E-state index contributed by atoms with van der Waals surface area (Å²) in [7, 11) is 0. The van der Waals surface area contributed by atoms with E-state index in [9.17, 15) is 4.79 Å². The molecule has 7 nitrogen and oxygen atoms in total. The van der Waals surface area contributed by atoms with Gasteiger partial charge in [-0.05, 0) is 38.1 Å². The Morgan fingerprint density at radius 3 is 2.33 bits per heavy atom. The van der Waals surface area contributed by atoms with Crippen molar-refractivity contribution in [2.75, 3.05) is 23.3 Å². The van der Waals surface area contributed by atoms with E-state index in [0.717, 1.165) is 25.7 Å². The molecule has 120 valence electrons. The number of amides is 1. The van der Waals surface area contributed by atoms with Crippen molar-refractivity contribution in [1.82, 2.24) is 9.97 Å². The lowest BCUT2D eigenvalue weighted by atomic mass is 9.81. The maximum atomic E-state index is 12.1. The normalized spacial score (nSPS) is 20.8. The van der Waals surface area contributed by atoms with Gasteiger partial charge in [-0.25, -0.2) is 0 Å². The number of hydrogen-bond donors (Lipinski definition) is 4. The van der Waals surface area contributed by atoms with Crippen LogP contribution in [-0.2, 0) is 4.79 Å². The predicted octanol–water partition coefficient (Wildman–Crippen LogP) is 1.50. The second-order valence-corrected chi connectivity index (χ2v) is 4.98. The molecule has 1 fully saturated rings. The minimum Gasteiger partial charge on any atom is -0.383 e. The number of rotatable bonds is 3. The molecule has 0 atom stereocenters. The molecule has 0 saturated heterocycles. The molecule has 1 amide bonds. The molecular formula is C12H22Br2N6O. The smallest absolute Gasteiger partial charge is 0.228 e. The SMILES string of the molecule is Br.Br.NCC1CCC(C(=O)Nc2cc(N)nc(N)n2)CC1. The minimum atomic E-state index is -0.0343. The summed E-state index contributed by atoms with van der Waals surface area (Å²) in [6, 6.07) is 1.50. The Balaban J connectivity index is 0.00000200. The maximum absolute atomic E-state index is 12.1. The lowest BCUT2D eigenvalue weighted by Gasteiger charge is -2.26. The van der Waals surface area contributed by atoms with Gasteiger partial charge in [-0.3, -0.25) is 4.79 Å². The molecule has 21 heavy (non-hydrogen) atoms. The van der Waals surface area contributed by atoms with Gasteiger partial charge in [0.1, 0.15) is 11.6 Å². The van der Waals surface area contributed by atoms with Crippen molar-refractivity contribution in [1.29, 1.82) is 0 Å². The highest BCUT2D eigenvalue weighted by Gasteiger charge is 2.25. The summed E-state index contributed by atoms with van der Waals surface area (Å²) >= 11 is 0. The molecule has 1 aromatic heterocycles. The van der Waals surface area contributed by atoms with Crippen molar-refractivity contribution >= 4 is 57.5 Å². The standard InChI is InChI=1S/C12H20N6O.2BrH/c13-6-7-1-3-8(4-2-7)11(19)17-10-5-9(14)16-12(15)18-10;;/h5,7-8H,1-4,6,13H2,(H5,14,15,16,17,18,19);2*1H. The minimum absolute atomic E-state index is 0. The van der Waals surface area contributed by atoms with Crippen molar-refractivity contribution in [3.05, 3.63) is 6.07 Å². The largest absolute Gasteiger partial charge is 0.383 e. The van der Waals surface area contributed by atoms with E-state index in [1.807, 2.05) is 0 Å². The number of nitrogens with two attached hydrogens (primary N) is 3. The van der Waals surface area contributed by atoms with E-state index in [4.69, 9.17) is 17.2 Å². The highest BCUT2D eigenvalue weighted by molar-refractivity contribution is 8.93. The van der Waals surface area contributed by atoms with Crippen LogP contribution >= 0.6 is 34.0 Å². The van der Waals surface area contributed by atoms with Gasteiger partial charge in [0, 0.05) is 12.0 Å². The van der Waals surface area contributed by atoms with Gasteiger partial charge in [-0.2, -0.15) is 9.97 Å². The van der Waals surface area contributed by atoms with Crippen LogP contribution < -0.4 is 22.5 Å². The lowest BCUT2D eigenvalue weighted by molar-refractivity contribution is -0.121. The zero-order valence-corrected chi connectivity index (χ0v) is 15.0. The molecular weight excluding hydrogens is 404 g/mol. The van der Waals surface area contributed by atoms with Crippen LogP contribution in [0.1, 0.15) is 25.7 Å². The second kappa shape index (κ2) is 9.16. The Labute approximate surface area is 145 Å². The number of anilines is 3. The van der Waals surface area contributed by atoms with Crippen LogP contribution in [0.25, 0.3) is 0 Å². The van der Waals surface area contributed by atoms with E-state index in [0.29, 0.717) is 18.3 Å². The van der Waals surface area contributed by atoms with E-state index >= 15 is 0 Å². The van der Waals surface area contributed by atoms with Gasteiger partial charge in [-0.15, -0.1) is 34.0 Å². The number of carbonyl (C=O) groups excluding carboxylic acids is 1. The van der Waals surface area contributed by atoms with E-state index in [1.165, 1.54) is 6.07 Å². The fourth-order valence-electron chi connectivity index (χ4n) is 2.44. The van der Waals surface area contributed by atoms with Gasteiger partial charge in [-0.1, -0.05) is 0 Å². The Morgan fingerprint density at radius 2 is 1.81 bits per heavy atom. The summed E-state index contributed by atoms with van der Waals surface area (Å²) in [5, 5.41) is 2.74. The Kier molecular flexibility index (Phi) is 8.76. The third-order valence-corrected chi connectivity index (χ3v) is 3.57.